The second-order valence-electron chi connectivity index (χ2n) is 6.17. The Labute approximate surface area is 161 Å². The first-order valence-electron chi connectivity index (χ1n) is 7.79. The molecule has 0 spiro atoms. The number of benzene rings is 2. The van der Waals surface area contributed by atoms with Crippen LogP contribution in [0.25, 0.3) is 22.8 Å². The maximum Gasteiger partial charge on any atom is 0.417 e. The van der Waals surface area contributed by atoms with Crippen molar-refractivity contribution in [3.05, 3.63) is 57.0 Å². The van der Waals surface area contributed by atoms with Gasteiger partial charge in [-0.2, -0.15) is 50.0 Å². The van der Waals surface area contributed by atoms with E-state index in [0.29, 0.717) is 24.3 Å². The van der Waals surface area contributed by atoms with Crippen LogP contribution in [0.2, 0.25) is 0 Å². The molecule has 0 radical (unpaired) electrons. The number of hydrogen-bond acceptors (Lipinski definition) is 2. The molecule has 3 rings (SSSR count). The van der Waals surface area contributed by atoms with Gasteiger partial charge in [-0.25, -0.2) is 0 Å². The fourth-order valence-corrected chi connectivity index (χ4v) is 3.23. The molecule has 0 saturated heterocycles. The van der Waals surface area contributed by atoms with Gasteiger partial charge in [0.05, 0.1) is 16.7 Å². The third-order valence-corrected chi connectivity index (χ3v) is 4.40. The van der Waals surface area contributed by atoms with Crippen LogP contribution < -0.4 is 10.4 Å². The van der Waals surface area contributed by atoms with Crippen LogP contribution in [-0.4, -0.2) is 0 Å². The van der Waals surface area contributed by atoms with Gasteiger partial charge in [0, 0.05) is 10.8 Å². The monoisotopic (exact) mass is 432 g/mol. The molecule has 0 bridgehead atoms. The summed E-state index contributed by atoms with van der Waals surface area (Å²) >= 11 is 0. The van der Waals surface area contributed by atoms with Crippen LogP contribution in [-0.2, 0) is 18.5 Å². The fraction of sp³-hybridized carbons (Fsp3) is 0.158. The maximum absolute atomic E-state index is 13.6. The van der Waals surface area contributed by atoms with Gasteiger partial charge < -0.3 is 0 Å². The predicted octanol–water partition coefficient (Wildman–Crippen LogP) is 4.75. The summed E-state index contributed by atoms with van der Waals surface area (Å²) in [5.41, 5.74) is -7.59. The highest BCUT2D eigenvalue weighted by Crippen LogP contribution is 2.42. The molecule has 2 aromatic carbocycles. The van der Waals surface area contributed by atoms with E-state index in [1.807, 2.05) is 0 Å². The first kappa shape index (κ1) is 21.2. The third kappa shape index (κ3) is 3.36. The molecule has 0 saturated carbocycles. The number of rotatable bonds is 0. The summed E-state index contributed by atoms with van der Waals surface area (Å²) in [6.45, 7) is 0. The van der Waals surface area contributed by atoms with E-state index in [9.17, 15) is 39.5 Å². The van der Waals surface area contributed by atoms with E-state index in [4.69, 9.17) is 10.5 Å². The molecular weight excluding hydrogens is 427 g/mol. The lowest BCUT2D eigenvalue weighted by atomic mass is 9.93. The van der Waals surface area contributed by atoms with E-state index < -0.39 is 67.9 Å². The van der Waals surface area contributed by atoms with Gasteiger partial charge in [0.2, 0.25) is 0 Å². The van der Waals surface area contributed by atoms with Gasteiger partial charge in [0.25, 0.3) is 0 Å². The normalized spacial score (nSPS) is 13.0. The second kappa shape index (κ2) is 6.52. The molecule has 2 nitrogen and oxygen atoms in total. The Kier molecular flexibility index (Phi) is 4.62. The zero-order valence-corrected chi connectivity index (χ0v) is 14.2. The predicted molar refractivity (Wildman–Crippen MR) is 84.3 cm³/mol. The van der Waals surface area contributed by atoms with E-state index >= 15 is 0 Å². The average molecular weight is 432 g/mol. The van der Waals surface area contributed by atoms with Gasteiger partial charge in [-0.1, -0.05) is 6.07 Å². The van der Waals surface area contributed by atoms with E-state index in [2.05, 4.69) is 0 Å². The van der Waals surface area contributed by atoms with Crippen LogP contribution in [0.1, 0.15) is 22.3 Å². The molecule has 0 aliphatic heterocycles. The minimum absolute atomic E-state index is 0.233. The Morgan fingerprint density at radius 3 is 1.77 bits per heavy atom. The summed E-state index contributed by atoms with van der Waals surface area (Å²) in [5.74, 6) is 0. The fourth-order valence-electron chi connectivity index (χ4n) is 3.23. The van der Waals surface area contributed by atoms with Crippen molar-refractivity contribution in [2.24, 2.45) is 0 Å². The molecule has 0 aromatic heterocycles. The highest BCUT2D eigenvalue weighted by molar-refractivity contribution is 5.88. The zero-order valence-electron chi connectivity index (χ0n) is 14.2. The molecule has 0 fully saturated rings. The Morgan fingerprint density at radius 1 is 0.733 bits per heavy atom. The van der Waals surface area contributed by atoms with Crippen LogP contribution in [0.3, 0.4) is 0 Å². The molecule has 30 heavy (non-hydrogen) atoms. The summed E-state index contributed by atoms with van der Waals surface area (Å²) in [6.07, 6.45) is -14.8. The van der Waals surface area contributed by atoms with E-state index in [-0.39, 0.29) is 6.07 Å². The highest BCUT2D eigenvalue weighted by Gasteiger charge is 2.42. The van der Waals surface area contributed by atoms with Crippen LogP contribution in [0.5, 0.6) is 0 Å². The molecule has 154 valence electrons. The Morgan fingerprint density at radius 2 is 1.30 bits per heavy atom. The molecule has 2 aromatic rings. The van der Waals surface area contributed by atoms with Crippen LogP contribution >= 0.6 is 0 Å². The molecule has 0 unspecified atom stereocenters. The summed E-state index contributed by atoms with van der Waals surface area (Å²) < 4.78 is 120. The van der Waals surface area contributed by atoms with Crippen molar-refractivity contribution < 1.29 is 39.5 Å². The zero-order chi connectivity index (χ0) is 22.6. The number of nitriles is 2. The van der Waals surface area contributed by atoms with E-state index in [1.54, 1.807) is 0 Å². The lowest BCUT2D eigenvalue weighted by Gasteiger charge is -2.17. The van der Waals surface area contributed by atoms with E-state index in [1.165, 1.54) is 12.1 Å². The van der Waals surface area contributed by atoms with Crippen LogP contribution in [0.4, 0.5) is 39.5 Å². The largest absolute Gasteiger partial charge is 0.417 e. The van der Waals surface area contributed by atoms with Gasteiger partial charge >= 0.3 is 18.5 Å². The van der Waals surface area contributed by atoms with Gasteiger partial charge in [-0.15, -0.1) is 0 Å². The Balaban J connectivity index is 2.62. The Bertz CT molecular complexity index is 1250. The van der Waals surface area contributed by atoms with Crippen molar-refractivity contribution in [3.63, 3.8) is 0 Å². The molecule has 0 amide bonds. The highest BCUT2D eigenvalue weighted by atomic mass is 19.4. The second-order valence-corrected chi connectivity index (χ2v) is 6.17. The molecule has 0 atom stereocenters. The van der Waals surface area contributed by atoms with Crippen molar-refractivity contribution in [2.75, 3.05) is 0 Å². The lowest BCUT2D eigenvalue weighted by Crippen LogP contribution is -2.37. The minimum Gasteiger partial charge on any atom is -0.192 e. The van der Waals surface area contributed by atoms with Crippen molar-refractivity contribution in [2.45, 2.75) is 18.5 Å². The average Bonchev–Trinajstić information content (AvgIpc) is 2.98. The molecule has 1 aliphatic rings. The van der Waals surface area contributed by atoms with Crippen LogP contribution in [0.15, 0.2) is 24.3 Å². The SMILES string of the molecule is N#CC(C#N)=c1c(C(F)(F)F)cc(C(F)(F)F)c2c1=Cc1cc(C(F)(F)F)ccc1-2. The quantitative estimate of drug-likeness (QED) is 0.482. The van der Waals surface area contributed by atoms with Gasteiger partial charge in [-0.05, 0) is 40.6 Å². The topological polar surface area (TPSA) is 47.6 Å². The molecule has 1 aliphatic carbocycles. The molecule has 11 heteroatoms. The molecular formula is C19H5F9N2. The standard InChI is InChI=1S/C19H5F9N2/c20-17(21,22)10-1-2-11-8(3-10)4-12-15(9(6-29)7-30)13(18(23,24)25)5-14(16(11)12)19(26,27)28/h1-5H. The van der Waals surface area contributed by atoms with Gasteiger partial charge in [0.1, 0.15) is 17.7 Å². The summed E-state index contributed by atoms with van der Waals surface area (Å²) in [5, 5.41) is 16.2. The number of nitrogens with zero attached hydrogens (tertiary/aromatic N) is 2. The van der Waals surface area contributed by atoms with Crippen molar-refractivity contribution in [3.8, 4) is 23.3 Å². The third-order valence-electron chi connectivity index (χ3n) is 4.40. The van der Waals surface area contributed by atoms with Crippen molar-refractivity contribution >= 4 is 11.6 Å². The number of fused-ring (bicyclic) bond motifs is 3. The van der Waals surface area contributed by atoms with Gasteiger partial charge in [0.15, 0.2) is 0 Å². The summed E-state index contributed by atoms with van der Waals surface area (Å²) in [6, 6.07) is 3.88. The van der Waals surface area contributed by atoms with E-state index in [0.717, 1.165) is 0 Å². The summed E-state index contributed by atoms with van der Waals surface area (Å²) in [4.78, 5) is 0. The smallest absolute Gasteiger partial charge is 0.192 e. The molecule has 0 N–H and O–H groups in total. The number of halogens is 9. The number of hydrogen-bond donors (Lipinski definition) is 0. The summed E-state index contributed by atoms with van der Waals surface area (Å²) in [7, 11) is 0. The van der Waals surface area contributed by atoms with Crippen molar-refractivity contribution in [1.29, 1.82) is 10.5 Å². The number of alkyl halides is 9. The first-order chi connectivity index (χ1) is 13.7. The lowest BCUT2D eigenvalue weighted by molar-refractivity contribution is -0.143. The maximum atomic E-state index is 13.6. The van der Waals surface area contributed by atoms with Gasteiger partial charge in [-0.3, -0.25) is 0 Å². The van der Waals surface area contributed by atoms with Crippen LogP contribution in [0, 0.1) is 22.7 Å². The van der Waals surface area contributed by atoms with Crippen molar-refractivity contribution in [1.82, 2.24) is 0 Å². The first-order valence-corrected chi connectivity index (χ1v) is 7.79. The Hall–Kier alpha value is -3.47. The molecule has 0 heterocycles. The minimum atomic E-state index is -5.37.